The molecule has 50 heavy (non-hydrogen) atoms. The quantitative estimate of drug-likeness (QED) is 0.169. The number of halogens is 4. The van der Waals surface area contributed by atoms with E-state index in [0.29, 0.717) is 49.1 Å². The first-order valence-electron chi connectivity index (χ1n) is 15.9. The largest absolute Gasteiger partial charge is 0.542 e. The first kappa shape index (κ1) is 37.9. The van der Waals surface area contributed by atoms with E-state index < -0.39 is 41.8 Å². The number of ether oxygens (including phenoxy) is 4. The number of carboxylic acid groups (broad SMARTS) is 1. The number of benzene rings is 1. The van der Waals surface area contributed by atoms with Crippen LogP contribution >= 0.6 is 0 Å². The molecule has 2 N–H and O–H groups in total. The monoisotopic (exact) mass is 707 g/mol. The second-order valence-electron chi connectivity index (χ2n) is 12.3. The van der Waals surface area contributed by atoms with Gasteiger partial charge in [0.25, 0.3) is 0 Å². The van der Waals surface area contributed by atoms with Crippen molar-refractivity contribution in [3.05, 3.63) is 33.9 Å². The van der Waals surface area contributed by atoms with E-state index in [4.69, 9.17) is 41.7 Å². The van der Waals surface area contributed by atoms with Crippen LogP contribution < -0.4 is 25.5 Å². The predicted octanol–water partition coefficient (Wildman–Crippen LogP) is 2.26. The molecule has 3 aliphatic rings. The summed E-state index contributed by atoms with van der Waals surface area (Å²) in [6.07, 6.45) is 8.96. The van der Waals surface area contributed by atoms with Crippen molar-refractivity contribution in [3.8, 4) is 30.4 Å². The lowest BCUT2D eigenvalue weighted by atomic mass is 9.94. The van der Waals surface area contributed by atoms with Gasteiger partial charge in [-0.2, -0.15) is 13.2 Å². The van der Waals surface area contributed by atoms with Gasteiger partial charge in [0.05, 0.1) is 37.7 Å². The minimum Gasteiger partial charge on any atom is -0.542 e. The van der Waals surface area contributed by atoms with Gasteiger partial charge in [0.1, 0.15) is 23.3 Å². The lowest BCUT2D eigenvalue weighted by molar-refractivity contribution is -0.699. The lowest BCUT2D eigenvalue weighted by Crippen LogP contribution is -2.93. The van der Waals surface area contributed by atoms with Crippen molar-refractivity contribution in [2.45, 2.75) is 70.0 Å². The van der Waals surface area contributed by atoms with Crippen molar-refractivity contribution in [2.24, 2.45) is 11.8 Å². The number of methoxy groups -OCH3 is 1. The number of carboxylic acids is 1. The first-order chi connectivity index (χ1) is 23.7. The van der Waals surface area contributed by atoms with Crippen LogP contribution in [0.4, 0.5) is 28.0 Å². The number of fused-ring (bicyclic) bond motifs is 2. The highest BCUT2D eigenvalue weighted by atomic mass is 19.4. The summed E-state index contributed by atoms with van der Waals surface area (Å²) < 4.78 is 70.4. The molecule has 1 saturated carbocycles. The molecule has 3 fully saturated rings. The number of terminal acetylenes is 2. The van der Waals surface area contributed by atoms with Crippen LogP contribution in [0.15, 0.2) is 17.1 Å². The second kappa shape index (κ2) is 16.2. The number of carbonyl (C=O) groups is 3. The third-order valence-corrected chi connectivity index (χ3v) is 8.64. The van der Waals surface area contributed by atoms with Crippen molar-refractivity contribution in [3.63, 3.8) is 0 Å². The molecule has 0 radical (unpaired) electrons. The minimum atomic E-state index is -5.19. The molecule has 2 aromatic rings. The Kier molecular flexibility index (Phi) is 12.2. The summed E-state index contributed by atoms with van der Waals surface area (Å²) in [7, 11) is 1.47. The van der Waals surface area contributed by atoms with Crippen molar-refractivity contribution in [1.82, 2.24) is 4.57 Å². The molecule has 2 aliphatic heterocycles. The number of nitrogens with zero attached hydrogens (tertiary/aromatic N) is 2. The second-order valence-corrected chi connectivity index (χ2v) is 12.3. The number of hydrogen-bond acceptors (Lipinski definition) is 10. The summed E-state index contributed by atoms with van der Waals surface area (Å²) in [5.74, 6) is 0.853. The Hall–Kier alpha value is -4.96. The van der Waals surface area contributed by atoms with Crippen molar-refractivity contribution in [2.75, 3.05) is 38.3 Å². The summed E-state index contributed by atoms with van der Waals surface area (Å²) in [6, 6.07) is 1.60. The summed E-state index contributed by atoms with van der Waals surface area (Å²) >= 11 is 0. The Bertz CT molecular complexity index is 1710. The molecule has 16 heteroatoms. The Balaban J connectivity index is 0.000000727. The molecule has 0 spiro atoms. The van der Waals surface area contributed by atoms with Crippen LogP contribution in [0.2, 0.25) is 0 Å². The van der Waals surface area contributed by atoms with Crippen molar-refractivity contribution >= 4 is 34.7 Å². The molecular formula is C34H37F4N3O9. The number of nitrogens with two attached hydrogens (primary N) is 1. The molecule has 3 heterocycles. The van der Waals surface area contributed by atoms with Gasteiger partial charge < -0.3 is 43.6 Å². The fraction of sp³-hybridized carbons (Fsp3) is 0.529. The SMILES string of the molecule is C#CCC(CC#C)COC(=O)OC(C)OC(=O)c1cn(C2CC2)c2c(OC)c(N3CC4CCC[NH2+]C4C3)c(F)cc2c1=O.O=C([O-])C(F)(F)F. The maximum atomic E-state index is 15.8. The van der Waals surface area contributed by atoms with Gasteiger partial charge in [-0.05, 0) is 31.7 Å². The van der Waals surface area contributed by atoms with Crippen LogP contribution in [0.3, 0.4) is 0 Å². The topological polar surface area (TPSA) is 153 Å². The van der Waals surface area contributed by atoms with Crippen LogP contribution in [-0.2, 0) is 19.0 Å². The minimum absolute atomic E-state index is 0.0129. The summed E-state index contributed by atoms with van der Waals surface area (Å²) in [6.45, 7) is 3.73. The molecule has 5 rings (SSSR count). The highest BCUT2D eigenvalue weighted by Gasteiger charge is 2.40. The van der Waals surface area contributed by atoms with Crippen LogP contribution in [0.1, 0.15) is 61.8 Å². The number of hydrogen-bond donors (Lipinski definition) is 1. The Labute approximate surface area is 285 Å². The number of pyridine rings is 1. The molecule has 12 nitrogen and oxygen atoms in total. The summed E-state index contributed by atoms with van der Waals surface area (Å²) in [4.78, 5) is 49.7. The third-order valence-electron chi connectivity index (χ3n) is 8.64. The average molecular weight is 708 g/mol. The number of aliphatic carboxylic acids is 1. The molecule has 0 amide bonds. The molecule has 270 valence electrons. The number of esters is 1. The van der Waals surface area contributed by atoms with Crippen LogP contribution in [0.5, 0.6) is 5.75 Å². The number of aromatic nitrogens is 1. The normalized spacial score (nSPS) is 18.9. The first-order valence-corrected chi connectivity index (χ1v) is 15.9. The van der Waals surface area contributed by atoms with Gasteiger partial charge in [-0.25, -0.2) is 14.0 Å². The van der Waals surface area contributed by atoms with Gasteiger partial charge >= 0.3 is 18.3 Å². The summed E-state index contributed by atoms with van der Waals surface area (Å²) in [5, 5.41) is 11.1. The van der Waals surface area contributed by atoms with E-state index in [2.05, 4.69) is 17.2 Å². The number of anilines is 1. The molecule has 3 unspecified atom stereocenters. The molecule has 1 aromatic carbocycles. The zero-order valence-corrected chi connectivity index (χ0v) is 27.4. The Morgan fingerprint density at radius 2 is 1.78 bits per heavy atom. The molecule has 3 atom stereocenters. The van der Waals surface area contributed by atoms with E-state index in [1.165, 1.54) is 26.3 Å². The van der Waals surface area contributed by atoms with Crippen LogP contribution in [-0.4, -0.2) is 74.5 Å². The van der Waals surface area contributed by atoms with Gasteiger partial charge in [-0.1, -0.05) is 0 Å². The van der Waals surface area contributed by atoms with E-state index >= 15 is 4.39 Å². The average Bonchev–Trinajstić information content (AvgIpc) is 3.81. The maximum Gasteiger partial charge on any atom is 0.511 e. The third kappa shape index (κ3) is 8.98. The van der Waals surface area contributed by atoms with Crippen LogP contribution in [0.25, 0.3) is 10.9 Å². The smallest absolute Gasteiger partial charge is 0.511 e. The number of quaternary nitrogens is 1. The fourth-order valence-electron chi connectivity index (χ4n) is 6.20. The van der Waals surface area contributed by atoms with Crippen LogP contribution in [0, 0.1) is 42.3 Å². The molecule has 0 bridgehead atoms. The summed E-state index contributed by atoms with van der Waals surface area (Å²) in [5.41, 5.74) is -0.218. The molecule has 1 aromatic heterocycles. The maximum absolute atomic E-state index is 15.8. The molecule has 2 saturated heterocycles. The zero-order chi connectivity index (χ0) is 36.7. The van der Waals surface area contributed by atoms with E-state index in [0.717, 1.165) is 32.2 Å². The highest BCUT2D eigenvalue weighted by molar-refractivity contribution is 5.98. The number of rotatable bonds is 10. The Morgan fingerprint density at radius 3 is 2.34 bits per heavy atom. The predicted molar refractivity (Wildman–Crippen MR) is 167 cm³/mol. The van der Waals surface area contributed by atoms with Gasteiger partial charge in [0.2, 0.25) is 11.7 Å². The molecule has 1 aliphatic carbocycles. The standard InChI is InChI=1S/C32H36FN3O7.C2HF3O2/c1-5-8-20(9-6-2)18-41-32(39)43-19(3)42-31(38)24-16-36(22-11-12-22)27-23(29(24)37)14-25(33)28(30(27)40-4)35-15-21-10-7-13-34-26(21)17-35;3-2(4,5)1(6)7/h1-2,14,16,19-22,26,34H,7-13,15,17-18H2,3-4H3;(H,6,7). The van der Waals surface area contributed by atoms with E-state index in [-0.39, 0.29) is 35.3 Å². The lowest BCUT2D eigenvalue weighted by Gasteiger charge is -2.24. The van der Waals surface area contributed by atoms with E-state index in [9.17, 15) is 27.6 Å². The number of piperidine rings is 1. The Morgan fingerprint density at radius 1 is 1.12 bits per heavy atom. The van der Waals surface area contributed by atoms with Crippen molar-refractivity contribution in [1.29, 1.82) is 0 Å². The van der Waals surface area contributed by atoms with E-state index in [1.54, 1.807) is 4.57 Å². The van der Waals surface area contributed by atoms with Gasteiger partial charge in [-0.15, -0.1) is 24.7 Å². The van der Waals surface area contributed by atoms with Gasteiger partial charge in [0.15, 0.2) is 11.6 Å². The van der Waals surface area contributed by atoms with Gasteiger partial charge in [-0.3, -0.25) is 4.79 Å². The van der Waals surface area contributed by atoms with Crippen molar-refractivity contribution < 1.29 is 61.3 Å². The van der Waals surface area contributed by atoms with E-state index in [1.807, 2.05) is 4.90 Å². The number of alkyl halides is 3. The fourth-order valence-corrected chi connectivity index (χ4v) is 6.20. The van der Waals surface area contributed by atoms with Gasteiger partial charge in [0, 0.05) is 50.4 Å². The molecular weight excluding hydrogens is 670 g/mol. The zero-order valence-electron chi connectivity index (χ0n) is 27.4. The number of carbonyl (C=O) groups excluding carboxylic acids is 3. The highest BCUT2D eigenvalue weighted by Crippen LogP contribution is 2.44.